The smallest absolute Gasteiger partial charge is 0.293 e. The van der Waals surface area contributed by atoms with Gasteiger partial charge in [-0.2, -0.15) is 0 Å². The third kappa shape index (κ3) is 2.67. The Bertz CT molecular complexity index is 793. The van der Waals surface area contributed by atoms with Gasteiger partial charge in [-0.15, -0.1) is 0 Å². The third-order valence-electron chi connectivity index (χ3n) is 4.73. The number of carbonyl (C=O) groups excluding carboxylic acids is 2. The normalized spacial score (nSPS) is 21.4. The summed E-state index contributed by atoms with van der Waals surface area (Å²) in [4.78, 5) is 28.1. The van der Waals surface area contributed by atoms with E-state index in [1.807, 2.05) is 19.1 Å². The van der Waals surface area contributed by atoms with Gasteiger partial charge in [0, 0.05) is 24.8 Å². The van der Waals surface area contributed by atoms with Gasteiger partial charge in [-0.3, -0.25) is 14.5 Å². The van der Waals surface area contributed by atoms with E-state index >= 15 is 0 Å². The summed E-state index contributed by atoms with van der Waals surface area (Å²) in [5.41, 5.74) is 4.49. The van der Waals surface area contributed by atoms with Crippen molar-refractivity contribution in [2.24, 2.45) is 0 Å². The molecule has 126 valence electrons. The van der Waals surface area contributed by atoms with E-state index in [1.54, 1.807) is 0 Å². The van der Waals surface area contributed by atoms with Crippen LogP contribution in [0, 0.1) is 0 Å². The summed E-state index contributed by atoms with van der Waals surface area (Å²) in [6, 6.07) is 6.18. The Hall–Kier alpha value is -2.01. The van der Waals surface area contributed by atoms with Crippen LogP contribution >= 0.6 is 11.8 Å². The predicted octanol–water partition coefficient (Wildman–Crippen LogP) is 4.37. The zero-order chi connectivity index (χ0) is 17.6. The number of nitrogens with zero attached hydrogens (tertiary/aromatic N) is 2. The molecule has 1 fully saturated rings. The molecule has 5 heteroatoms. The number of allylic oxidation sites excluding steroid dienone is 1. The highest BCUT2D eigenvalue weighted by Gasteiger charge is 2.34. The quantitative estimate of drug-likeness (QED) is 0.748. The second-order valence-corrected chi connectivity index (χ2v) is 7.74. The van der Waals surface area contributed by atoms with Crippen molar-refractivity contribution < 1.29 is 9.59 Å². The van der Waals surface area contributed by atoms with Gasteiger partial charge in [0.1, 0.15) is 0 Å². The number of thioether (sulfide) groups is 1. The molecule has 24 heavy (non-hydrogen) atoms. The monoisotopic (exact) mass is 342 g/mol. The number of benzene rings is 1. The number of hydrogen-bond acceptors (Lipinski definition) is 4. The molecule has 0 unspecified atom stereocenters. The standard InChI is InChI=1S/C19H22N2O2S/c1-6-21-17(22)16(24-18(21)23)10-13-7-8-15-14(9-13)12(2)11-19(3,4)20(15)5/h7-11H,6H2,1-5H3/b16-10-. The number of hydrogen-bond donors (Lipinski definition) is 0. The van der Waals surface area contributed by atoms with Crippen LogP contribution in [-0.2, 0) is 4.79 Å². The van der Waals surface area contributed by atoms with E-state index in [0.717, 1.165) is 17.3 Å². The molecular formula is C19H22N2O2S. The second kappa shape index (κ2) is 5.81. The van der Waals surface area contributed by atoms with Crippen molar-refractivity contribution in [1.29, 1.82) is 0 Å². The van der Waals surface area contributed by atoms with E-state index in [9.17, 15) is 9.59 Å². The maximum Gasteiger partial charge on any atom is 0.293 e. The summed E-state index contributed by atoms with van der Waals surface area (Å²) in [5.74, 6) is -0.198. The Labute approximate surface area is 147 Å². The molecule has 1 saturated heterocycles. The Morgan fingerprint density at radius 2 is 1.96 bits per heavy atom. The number of likely N-dealkylation sites (N-methyl/N-ethyl adjacent to an activating group) is 2. The number of imide groups is 1. The molecule has 0 radical (unpaired) electrons. The van der Waals surface area contributed by atoms with E-state index in [1.165, 1.54) is 21.7 Å². The lowest BCUT2D eigenvalue weighted by Gasteiger charge is -2.40. The van der Waals surface area contributed by atoms with Crippen molar-refractivity contribution >= 4 is 40.2 Å². The summed E-state index contributed by atoms with van der Waals surface area (Å²) in [6.07, 6.45) is 4.07. The Morgan fingerprint density at radius 3 is 2.58 bits per heavy atom. The molecule has 2 heterocycles. The molecule has 2 aliphatic heterocycles. The molecule has 0 saturated carbocycles. The van der Waals surface area contributed by atoms with Crippen molar-refractivity contribution in [2.75, 3.05) is 18.5 Å². The first-order valence-corrected chi connectivity index (χ1v) is 8.89. The zero-order valence-electron chi connectivity index (χ0n) is 14.7. The first kappa shape index (κ1) is 16.8. The number of rotatable bonds is 2. The van der Waals surface area contributed by atoms with Crippen LogP contribution in [0.15, 0.2) is 29.2 Å². The Morgan fingerprint density at radius 1 is 1.25 bits per heavy atom. The van der Waals surface area contributed by atoms with Crippen molar-refractivity contribution in [3.8, 4) is 0 Å². The number of anilines is 1. The highest BCUT2D eigenvalue weighted by atomic mass is 32.2. The summed E-state index contributed by atoms with van der Waals surface area (Å²) < 4.78 is 0. The third-order valence-corrected chi connectivity index (χ3v) is 5.64. The van der Waals surface area contributed by atoms with Gasteiger partial charge in [0.05, 0.1) is 10.4 Å². The van der Waals surface area contributed by atoms with Crippen LogP contribution in [-0.4, -0.2) is 35.2 Å². The zero-order valence-corrected chi connectivity index (χ0v) is 15.5. The molecule has 1 aromatic rings. The van der Waals surface area contributed by atoms with Gasteiger partial charge in [-0.25, -0.2) is 0 Å². The number of fused-ring (bicyclic) bond motifs is 1. The van der Waals surface area contributed by atoms with Gasteiger partial charge in [-0.05, 0) is 68.8 Å². The first-order valence-electron chi connectivity index (χ1n) is 8.07. The fourth-order valence-electron chi connectivity index (χ4n) is 3.19. The summed E-state index contributed by atoms with van der Waals surface area (Å²) >= 11 is 1.01. The van der Waals surface area contributed by atoms with E-state index < -0.39 is 0 Å². The summed E-state index contributed by atoms with van der Waals surface area (Å²) in [6.45, 7) is 8.71. The molecule has 0 atom stereocenters. The van der Waals surface area contributed by atoms with Crippen molar-refractivity contribution in [3.63, 3.8) is 0 Å². The van der Waals surface area contributed by atoms with Gasteiger partial charge in [-0.1, -0.05) is 12.1 Å². The molecule has 0 aromatic heterocycles. The van der Waals surface area contributed by atoms with Crippen molar-refractivity contribution in [2.45, 2.75) is 33.2 Å². The maximum absolute atomic E-state index is 12.2. The molecule has 0 spiro atoms. The fraction of sp³-hybridized carbons (Fsp3) is 0.368. The molecule has 3 rings (SSSR count). The van der Waals surface area contributed by atoms with Crippen LogP contribution in [0.2, 0.25) is 0 Å². The highest BCUT2D eigenvalue weighted by Crippen LogP contribution is 2.39. The average Bonchev–Trinajstić information content (AvgIpc) is 2.78. The van der Waals surface area contributed by atoms with Crippen molar-refractivity contribution in [3.05, 3.63) is 40.3 Å². The minimum Gasteiger partial charge on any atom is -0.366 e. The molecule has 4 nitrogen and oxygen atoms in total. The Kier molecular flexibility index (Phi) is 4.08. The topological polar surface area (TPSA) is 40.6 Å². The van der Waals surface area contributed by atoms with Crippen LogP contribution in [0.25, 0.3) is 11.6 Å². The average molecular weight is 342 g/mol. The number of carbonyl (C=O) groups is 2. The van der Waals surface area contributed by atoms with Gasteiger partial charge < -0.3 is 4.90 Å². The fourth-order valence-corrected chi connectivity index (χ4v) is 4.09. The minimum absolute atomic E-state index is 0.0254. The molecule has 2 amide bonds. The van der Waals surface area contributed by atoms with Crippen LogP contribution in [0.4, 0.5) is 10.5 Å². The molecular weight excluding hydrogens is 320 g/mol. The summed E-state index contributed by atoms with van der Waals surface area (Å²) in [5, 5.41) is -0.190. The maximum atomic E-state index is 12.2. The lowest BCUT2D eigenvalue weighted by Crippen LogP contribution is -2.42. The van der Waals surface area contributed by atoms with Gasteiger partial charge in [0.25, 0.3) is 11.1 Å². The molecule has 1 aromatic carbocycles. The molecule has 0 N–H and O–H groups in total. The van der Waals surface area contributed by atoms with Crippen molar-refractivity contribution in [1.82, 2.24) is 4.90 Å². The molecule has 0 aliphatic carbocycles. The first-order chi connectivity index (χ1) is 11.2. The minimum atomic E-state index is -0.198. The van der Waals surface area contributed by atoms with Crippen LogP contribution in [0.5, 0.6) is 0 Å². The van der Waals surface area contributed by atoms with Crippen LogP contribution < -0.4 is 4.90 Å². The van der Waals surface area contributed by atoms with Gasteiger partial charge in [0.2, 0.25) is 0 Å². The van der Waals surface area contributed by atoms with Crippen LogP contribution in [0.3, 0.4) is 0 Å². The lowest BCUT2D eigenvalue weighted by molar-refractivity contribution is -0.122. The SMILES string of the molecule is CCN1C(=O)S/C(=C\c2ccc3c(c2)C(C)=CC(C)(C)N3C)C1=O. The van der Waals surface area contributed by atoms with E-state index in [-0.39, 0.29) is 16.7 Å². The molecule has 0 bridgehead atoms. The largest absolute Gasteiger partial charge is 0.366 e. The van der Waals surface area contributed by atoms with E-state index in [4.69, 9.17) is 0 Å². The van der Waals surface area contributed by atoms with E-state index in [2.05, 4.69) is 50.9 Å². The predicted molar refractivity (Wildman–Crippen MR) is 101 cm³/mol. The summed E-state index contributed by atoms with van der Waals surface area (Å²) in [7, 11) is 2.09. The van der Waals surface area contributed by atoms with Crippen LogP contribution in [0.1, 0.15) is 38.8 Å². The Balaban J connectivity index is 1.99. The molecule has 2 aliphatic rings. The second-order valence-electron chi connectivity index (χ2n) is 6.74. The van der Waals surface area contributed by atoms with Gasteiger partial charge in [0.15, 0.2) is 0 Å². The van der Waals surface area contributed by atoms with Gasteiger partial charge >= 0.3 is 0 Å². The van der Waals surface area contributed by atoms with E-state index in [0.29, 0.717) is 11.4 Å². The lowest BCUT2D eigenvalue weighted by atomic mass is 9.88. The highest BCUT2D eigenvalue weighted by molar-refractivity contribution is 8.18. The number of amides is 2.